The molecule has 6 heteroatoms. The van der Waals surface area contributed by atoms with Crippen LogP contribution in [0.5, 0.6) is 0 Å². The van der Waals surface area contributed by atoms with Gasteiger partial charge in [-0.3, -0.25) is 14.9 Å². The van der Waals surface area contributed by atoms with Crippen molar-refractivity contribution in [1.82, 2.24) is 4.90 Å². The molecule has 0 saturated heterocycles. The summed E-state index contributed by atoms with van der Waals surface area (Å²) in [4.78, 5) is 22.7. The van der Waals surface area contributed by atoms with Crippen LogP contribution in [0.2, 0.25) is 0 Å². The molecule has 0 radical (unpaired) electrons. The van der Waals surface area contributed by atoms with Gasteiger partial charge >= 0.3 is 5.69 Å². The lowest BCUT2D eigenvalue weighted by atomic mass is 10.1. The molecule has 1 aromatic rings. The van der Waals surface area contributed by atoms with E-state index in [0.29, 0.717) is 6.54 Å². The molecule has 16 heavy (non-hydrogen) atoms. The smallest absolute Gasteiger partial charge is 0.305 e. The Labute approximate surface area is 91.6 Å². The fraction of sp³-hybridized carbons (Fsp3) is 0.300. The van der Waals surface area contributed by atoms with Gasteiger partial charge in [0, 0.05) is 25.2 Å². The van der Waals surface area contributed by atoms with Crippen molar-refractivity contribution in [3.63, 3.8) is 0 Å². The molecule has 0 aliphatic heterocycles. The second-order valence-electron chi connectivity index (χ2n) is 3.24. The van der Waals surface area contributed by atoms with Gasteiger partial charge in [-0.25, -0.2) is 0 Å². The Bertz CT molecular complexity index is 434. The van der Waals surface area contributed by atoms with Crippen molar-refractivity contribution in [1.29, 1.82) is 0 Å². The highest BCUT2D eigenvalue weighted by Gasteiger charge is 2.18. The van der Waals surface area contributed by atoms with Gasteiger partial charge < -0.3 is 4.90 Å². The number of hydrogen-bond donors (Lipinski definition) is 0. The molecule has 0 spiro atoms. The SMILES string of the molecule is CCN(C)C(=O)c1ccc(F)c([N+](=O)[O-])c1. The molecule has 1 aromatic carbocycles. The maximum atomic E-state index is 13.0. The minimum absolute atomic E-state index is 0.109. The molecule has 1 rings (SSSR count). The first-order chi connectivity index (χ1) is 7.47. The zero-order valence-electron chi connectivity index (χ0n) is 8.94. The van der Waals surface area contributed by atoms with E-state index in [9.17, 15) is 19.3 Å². The van der Waals surface area contributed by atoms with Crippen molar-refractivity contribution < 1.29 is 14.1 Å². The highest BCUT2D eigenvalue weighted by atomic mass is 19.1. The first-order valence-corrected chi connectivity index (χ1v) is 4.66. The van der Waals surface area contributed by atoms with Crippen molar-refractivity contribution in [3.05, 3.63) is 39.7 Å². The monoisotopic (exact) mass is 226 g/mol. The topological polar surface area (TPSA) is 63.5 Å². The Morgan fingerprint density at radius 1 is 1.56 bits per heavy atom. The quantitative estimate of drug-likeness (QED) is 0.583. The summed E-state index contributed by atoms with van der Waals surface area (Å²) in [7, 11) is 1.57. The number of benzene rings is 1. The van der Waals surface area contributed by atoms with E-state index in [1.165, 1.54) is 11.0 Å². The van der Waals surface area contributed by atoms with Gasteiger partial charge in [0.2, 0.25) is 5.82 Å². The average molecular weight is 226 g/mol. The maximum absolute atomic E-state index is 13.0. The molecule has 0 heterocycles. The molecule has 0 unspecified atom stereocenters. The summed E-state index contributed by atoms with van der Waals surface area (Å²) in [6.07, 6.45) is 0. The van der Waals surface area contributed by atoms with Crippen LogP contribution in [0.3, 0.4) is 0 Å². The van der Waals surface area contributed by atoms with Crippen LogP contribution in [0, 0.1) is 15.9 Å². The largest absolute Gasteiger partial charge is 0.342 e. The summed E-state index contributed by atoms with van der Waals surface area (Å²) >= 11 is 0. The second-order valence-corrected chi connectivity index (χ2v) is 3.24. The van der Waals surface area contributed by atoms with E-state index in [2.05, 4.69) is 0 Å². The summed E-state index contributed by atoms with van der Waals surface area (Å²) < 4.78 is 13.0. The first-order valence-electron chi connectivity index (χ1n) is 4.66. The Balaban J connectivity index is 3.13. The van der Waals surface area contributed by atoms with Gasteiger partial charge in [-0.15, -0.1) is 0 Å². The summed E-state index contributed by atoms with van der Waals surface area (Å²) in [6.45, 7) is 2.25. The van der Waals surface area contributed by atoms with Crippen molar-refractivity contribution in [2.45, 2.75) is 6.92 Å². The molecule has 86 valence electrons. The van der Waals surface area contributed by atoms with Crippen LogP contribution in [-0.2, 0) is 0 Å². The molecule has 5 nitrogen and oxygen atoms in total. The Morgan fingerprint density at radius 3 is 2.69 bits per heavy atom. The van der Waals surface area contributed by atoms with Crippen LogP contribution < -0.4 is 0 Å². The fourth-order valence-electron chi connectivity index (χ4n) is 1.15. The van der Waals surface area contributed by atoms with Gasteiger partial charge in [0.15, 0.2) is 0 Å². The van der Waals surface area contributed by atoms with Crippen molar-refractivity contribution in [3.8, 4) is 0 Å². The predicted molar refractivity (Wildman–Crippen MR) is 55.7 cm³/mol. The van der Waals surface area contributed by atoms with Gasteiger partial charge in [-0.2, -0.15) is 4.39 Å². The highest BCUT2D eigenvalue weighted by Crippen LogP contribution is 2.19. The number of amides is 1. The third-order valence-electron chi connectivity index (χ3n) is 2.21. The number of rotatable bonds is 3. The standard InChI is InChI=1S/C10H11FN2O3/c1-3-12(2)10(14)7-4-5-8(11)9(6-7)13(15)16/h4-6H,3H2,1-2H3. The number of halogens is 1. The number of hydrogen-bond acceptors (Lipinski definition) is 3. The van der Waals surface area contributed by atoms with E-state index < -0.39 is 16.4 Å². The molecule has 1 amide bonds. The average Bonchev–Trinajstić information content (AvgIpc) is 2.27. The third kappa shape index (κ3) is 2.33. The first kappa shape index (κ1) is 12.1. The molecule has 0 aliphatic rings. The molecule has 0 saturated carbocycles. The van der Waals surface area contributed by atoms with Crippen LogP contribution in [0.1, 0.15) is 17.3 Å². The number of carbonyl (C=O) groups excluding carboxylic acids is 1. The third-order valence-corrected chi connectivity index (χ3v) is 2.21. The van der Waals surface area contributed by atoms with Crippen LogP contribution in [-0.4, -0.2) is 29.3 Å². The fourth-order valence-corrected chi connectivity index (χ4v) is 1.15. The Kier molecular flexibility index (Phi) is 3.55. The summed E-state index contributed by atoms with van der Waals surface area (Å²) in [5, 5.41) is 10.5. The van der Waals surface area contributed by atoms with Crippen LogP contribution in [0.15, 0.2) is 18.2 Å². The van der Waals surface area contributed by atoms with Gasteiger partial charge in [-0.1, -0.05) is 0 Å². The molecule has 0 aliphatic carbocycles. The van der Waals surface area contributed by atoms with Crippen molar-refractivity contribution >= 4 is 11.6 Å². The van der Waals surface area contributed by atoms with Gasteiger partial charge in [0.05, 0.1) is 4.92 Å². The normalized spacial score (nSPS) is 9.94. The molecular formula is C10H11FN2O3. The van der Waals surface area contributed by atoms with Crippen LogP contribution in [0.4, 0.5) is 10.1 Å². The number of carbonyl (C=O) groups is 1. The number of nitrogens with zero attached hydrogens (tertiary/aromatic N) is 2. The van der Waals surface area contributed by atoms with E-state index in [-0.39, 0.29) is 11.5 Å². The highest BCUT2D eigenvalue weighted by molar-refractivity contribution is 5.94. The van der Waals surface area contributed by atoms with Crippen molar-refractivity contribution in [2.75, 3.05) is 13.6 Å². The maximum Gasteiger partial charge on any atom is 0.305 e. The molecule has 0 aromatic heterocycles. The number of nitro benzene ring substituents is 1. The minimum Gasteiger partial charge on any atom is -0.342 e. The molecule has 0 atom stereocenters. The van der Waals surface area contributed by atoms with Gasteiger partial charge in [-0.05, 0) is 19.1 Å². The molecule has 0 fully saturated rings. The Morgan fingerprint density at radius 2 is 2.19 bits per heavy atom. The van der Waals surface area contributed by atoms with Crippen LogP contribution in [0.25, 0.3) is 0 Å². The lowest BCUT2D eigenvalue weighted by Crippen LogP contribution is -2.26. The lowest BCUT2D eigenvalue weighted by molar-refractivity contribution is -0.387. The molecule has 0 bridgehead atoms. The number of nitro groups is 1. The van der Waals surface area contributed by atoms with Gasteiger partial charge in [0.1, 0.15) is 0 Å². The summed E-state index contributed by atoms with van der Waals surface area (Å²) in [5.74, 6) is -1.31. The lowest BCUT2D eigenvalue weighted by Gasteiger charge is -2.13. The zero-order chi connectivity index (χ0) is 12.3. The summed E-state index contributed by atoms with van der Waals surface area (Å²) in [6, 6.07) is 3.11. The van der Waals surface area contributed by atoms with Crippen molar-refractivity contribution in [2.24, 2.45) is 0 Å². The van der Waals surface area contributed by atoms with E-state index in [1.54, 1.807) is 14.0 Å². The molecule has 0 N–H and O–H groups in total. The summed E-state index contributed by atoms with van der Waals surface area (Å²) in [5.41, 5.74) is -0.576. The van der Waals surface area contributed by atoms with Gasteiger partial charge in [0.25, 0.3) is 5.91 Å². The molecular weight excluding hydrogens is 215 g/mol. The van der Waals surface area contributed by atoms with E-state index in [0.717, 1.165) is 12.1 Å². The van der Waals surface area contributed by atoms with Crippen LogP contribution >= 0.6 is 0 Å². The second kappa shape index (κ2) is 4.69. The van der Waals surface area contributed by atoms with E-state index >= 15 is 0 Å². The minimum atomic E-state index is -0.944. The van der Waals surface area contributed by atoms with E-state index in [4.69, 9.17) is 0 Å². The Hall–Kier alpha value is -1.98. The van der Waals surface area contributed by atoms with E-state index in [1.807, 2.05) is 0 Å². The zero-order valence-corrected chi connectivity index (χ0v) is 8.94. The predicted octanol–water partition coefficient (Wildman–Crippen LogP) is 1.83.